The van der Waals surface area contributed by atoms with Crippen molar-refractivity contribution in [1.29, 1.82) is 0 Å². The van der Waals surface area contributed by atoms with Crippen LogP contribution >= 0.6 is 0 Å². The number of rotatable bonds is 1. The predicted molar refractivity (Wildman–Crippen MR) is 47.2 cm³/mol. The molecule has 0 radical (unpaired) electrons. The van der Waals surface area contributed by atoms with Gasteiger partial charge in [-0.1, -0.05) is 13.8 Å². The summed E-state index contributed by atoms with van der Waals surface area (Å²) >= 11 is 0. The first-order chi connectivity index (χ1) is 5.95. The first kappa shape index (κ1) is 10.9. The minimum atomic E-state index is -1.10. The van der Waals surface area contributed by atoms with E-state index in [-0.39, 0.29) is 5.92 Å². The molecule has 0 saturated carbocycles. The molecular formula is C9H18O4. The molecule has 0 aromatic carbocycles. The molecule has 0 aliphatic carbocycles. The van der Waals surface area contributed by atoms with Crippen molar-refractivity contribution in [3.8, 4) is 0 Å². The zero-order chi connectivity index (χ0) is 10.2. The molecule has 13 heavy (non-hydrogen) atoms. The molecule has 4 nitrogen and oxygen atoms in total. The van der Waals surface area contributed by atoms with Crippen LogP contribution in [0.3, 0.4) is 0 Å². The van der Waals surface area contributed by atoms with E-state index in [1.54, 1.807) is 6.92 Å². The fourth-order valence-corrected chi connectivity index (χ4v) is 1.63. The summed E-state index contributed by atoms with van der Waals surface area (Å²) < 4.78 is 5.38. The number of ether oxygens (including phenoxy) is 1. The molecule has 1 unspecified atom stereocenters. The Morgan fingerprint density at radius 1 is 1.00 bits per heavy atom. The van der Waals surface area contributed by atoms with Crippen molar-refractivity contribution in [3.05, 3.63) is 0 Å². The van der Waals surface area contributed by atoms with E-state index < -0.39 is 30.5 Å². The zero-order valence-electron chi connectivity index (χ0n) is 8.21. The highest BCUT2D eigenvalue weighted by Crippen LogP contribution is 2.25. The van der Waals surface area contributed by atoms with Gasteiger partial charge in [-0.3, -0.25) is 0 Å². The fraction of sp³-hybridized carbons (Fsp3) is 1.00. The average Bonchev–Trinajstić information content (AvgIpc) is 2.07. The lowest BCUT2D eigenvalue weighted by molar-refractivity contribution is -0.226. The third-order valence-electron chi connectivity index (χ3n) is 2.55. The third-order valence-corrected chi connectivity index (χ3v) is 2.55. The normalized spacial score (nSPS) is 46.8. The first-order valence-corrected chi connectivity index (χ1v) is 4.64. The Bertz CT molecular complexity index is 171. The van der Waals surface area contributed by atoms with Gasteiger partial charge in [-0.05, 0) is 12.8 Å². The van der Waals surface area contributed by atoms with Crippen LogP contribution in [-0.2, 0) is 4.74 Å². The summed E-state index contributed by atoms with van der Waals surface area (Å²) in [4.78, 5) is 0. The van der Waals surface area contributed by atoms with Gasteiger partial charge in [0.25, 0.3) is 0 Å². The van der Waals surface area contributed by atoms with Crippen molar-refractivity contribution < 1.29 is 20.1 Å². The maximum atomic E-state index is 9.56. The zero-order valence-corrected chi connectivity index (χ0v) is 8.21. The lowest BCUT2D eigenvalue weighted by atomic mass is 9.90. The molecule has 1 aliphatic heterocycles. The molecule has 5 atom stereocenters. The maximum absolute atomic E-state index is 9.56. The quantitative estimate of drug-likeness (QED) is 0.522. The minimum absolute atomic E-state index is 0.125. The van der Waals surface area contributed by atoms with Crippen molar-refractivity contribution >= 4 is 0 Å². The Labute approximate surface area is 78.1 Å². The molecule has 1 fully saturated rings. The molecule has 0 aromatic rings. The molecule has 1 heterocycles. The summed E-state index contributed by atoms with van der Waals surface area (Å²) in [5.41, 5.74) is 0. The Morgan fingerprint density at radius 2 is 1.54 bits per heavy atom. The molecule has 0 aromatic heterocycles. The highest BCUT2D eigenvalue weighted by Gasteiger charge is 2.42. The molecule has 0 bridgehead atoms. The SMILES string of the molecule is CC(C)C1O[C@H](C)[C@@H](O)[C@H](O)[C@H]1O. The molecular weight excluding hydrogens is 172 g/mol. The predicted octanol–water partition coefficient (Wildman–Crippen LogP) is -0.488. The lowest BCUT2D eigenvalue weighted by Crippen LogP contribution is -2.57. The van der Waals surface area contributed by atoms with Crippen molar-refractivity contribution in [2.45, 2.75) is 51.3 Å². The standard InChI is InChI=1S/C9H18O4/c1-4(2)9-8(12)7(11)6(10)5(3)13-9/h4-12H,1-3H3/t5-,6-,7+,8-,9?/m1/s1. The van der Waals surface area contributed by atoms with Crippen molar-refractivity contribution in [2.75, 3.05) is 0 Å². The van der Waals surface area contributed by atoms with Crippen LogP contribution in [0.5, 0.6) is 0 Å². The number of hydrogen-bond donors (Lipinski definition) is 3. The van der Waals surface area contributed by atoms with E-state index in [1.807, 2.05) is 13.8 Å². The van der Waals surface area contributed by atoms with E-state index in [1.165, 1.54) is 0 Å². The topological polar surface area (TPSA) is 69.9 Å². The summed E-state index contributed by atoms with van der Waals surface area (Å²) in [5.74, 6) is 0.125. The van der Waals surface area contributed by atoms with E-state index in [4.69, 9.17) is 4.74 Å². The smallest absolute Gasteiger partial charge is 0.111 e. The second-order valence-corrected chi connectivity index (χ2v) is 4.02. The second-order valence-electron chi connectivity index (χ2n) is 4.02. The van der Waals surface area contributed by atoms with Gasteiger partial charge >= 0.3 is 0 Å². The molecule has 0 amide bonds. The van der Waals surface area contributed by atoms with Crippen LogP contribution < -0.4 is 0 Å². The third kappa shape index (κ3) is 2.02. The van der Waals surface area contributed by atoms with Gasteiger partial charge in [0.15, 0.2) is 0 Å². The number of aliphatic hydroxyl groups excluding tert-OH is 3. The lowest BCUT2D eigenvalue weighted by Gasteiger charge is -2.41. The van der Waals surface area contributed by atoms with Crippen LogP contribution in [0.4, 0.5) is 0 Å². The number of aliphatic hydroxyl groups is 3. The van der Waals surface area contributed by atoms with Gasteiger partial charge < -0.3 is 20.1 Å². The van der Waals surface area contributed by atoms with Crippen molar-refractivity contribution in [1.82, 2.24) is 0 Å². The Hall–Kier alpha value is -0.160. The van der Waals surface area contributed by atoms with E-state index in [9.17, 15) is 15.3 Å². The number of hydrogen-bond acceptors (Lipinski definition) is 4. The van der Waals surface area contributed by atoms with E-state index in [0.29, 0.717) is 0 Å². The van der Waals surface area contributed by atoms with E-state index in [2.05, 4.69) is 0 Å². The molecule has 1 rings (SSSR count). The summed E-state index contributed by atoms with van der Waals surface area (Å²) in [7, 11) is 0. The van der Waals surface area contributed by atoms with Crippen molar-refractivity contribution in [2.24, 2.45) is 5.92 Å². The molecule has 78 valence electrons. The molecule has 4 heteroatoms. The highest BCUT2D eigenvalue weighted by molar-refractivity contribution is 4.91. The minimum Gasteiger partial charge on any atom is -0.388 e. The Morgan fingerprint density at radius 3 is 2.00 bits per heavy atom. The van der Waals surface area contributed by atoms with Gasteiger partial charge in [-0.15, -0.1) is 0 Å². The van der Waals surface area contributed by atoms with Crippen LogP contribution in [0.25, 0.3) is 0 Å². The van der Waals surface area contributed by atoms with Gasteiger partial charge in [0.1, 0.15) is 18.3 Å². The molecule has 1 aliphatic rings. The van der Waals surface area contributed by atoms with Gasteiger partial charge in [-0.2, -0.15) is 0 Å². The Balaban J connectivity index is 2.70. The highest BCUT2D eigenvalue weighted by atomic mass is 16.5. The monoisotopic (exact) mass is 190 g/mol. The largest absolute Gasteiger partial charge is 0.388 e. The maximum Gasteiger partial charge on any atom is 0.111 e. The molecule has 3 N–H and O–H groups in total. The van der Waals surface area contributed by atoms with E-state index in [0.717, 1.165) is 0 Å². The van der Waals surface area contributed by atoms with Crippen LogP contribution in [0, 0.1) is 5.92 Å². The summed E-state index contributed by atoms with van der Waals surface area (Å²) in [6.45, 7) is 5.51. The van der Waals surface area contributed by atoms with Crippen molar-refractivity contribution in [3.63, 3.8) is 0 Å². The average molecular weight is 190 g/mol. The van der Waals surface area contributed by atoms with Crippen LogP contribution in [0.1, 0.15) is 20.8 Å². The summed E-state index contributed by atoms with van der Waals surface area (Å²) in [6.07, 6.45) is -3.91. The van der Waals surface area contributed by atoms with Crippen LogP contribution in [-0.4, -0.2) is 45.8 Å². The first-order valence-electron chi connectivity index (χ1n) is 4.64. The van der Waals surface area contributed by atoms with Gasteiger partial charge in [0, 0.05) is 0 Å². The van der Waals surface area contributed by atoms with Gasteiger partial charge in [0.05, 0.1) is 12.2 Å². The van der Waals surface area contributed by atoms with E-state index >= 15 is 0 Å². The van der Waals surface area contributed by atoms with Crippen LogP contribution in [0.2, 0.25) is 0 Å². The summed E-state index contributed by atoms with van der Waals surface area (Å²) in [6, 6.07) is 0. The van der Waals surface area contributed by atoms with Crippen LogP contribution in [0.15, 0.2) is 0 Å². The molecule has 1 saturated heterocycles. The van der Waals surface area contributed by atoms with Gasteiger partial charge in [0.2, 0.25) is 0 Å². The second kappa shape index (κ2) is 3.92. The Kier molecular flexibility index (Phi) is 3.29. The molecule has 0 spiro atoms. The summed E-state index contributed by atoms with van der Waals surface area (Å²) in [5, 5.41) is 28.4. The fourth-order valence-electron chi connectivity index (χ4n) is 1.63. The van der Waals surface area contributed by atoms with Gasteiger partial charge in [-0.25, -0.2) is 0 Å².